The molecule has 160 valence electrons. The predicted octanol–water partition coefficient (Wildman–Crippen LogP) is 1.75. The van der Waals surface area contributed by atoms with Gasteiger partial charge in [0, 0.05) is 5.69 Å². The van der Waals surface area contributed by atoms with Gasteiger partial charge in [0.2, 0.25) is 0 Å². The molecule has 31 heavy (non-hydrogen) atoms. The number of amides is 4. The van der Waals surface area contributed by atoms with E-state index < -0.39 is 58.3 Å². The van der Waals surface area contributed by atoms with Crippen LogP contribution in [0.25, 0.3) is 0 Å². The van der Waals surface area contributed by atoms with Crippen LogP contribution in [0.5, 0.6) is 0 Å². The highest BCUT2D eigenvalue weighted by Crippen LogP contribution is 2.36. The van der Waals surface area contributed by atoms with Gasteiger partial charge in [-0.3, -0.25) is 14.5 Å². The van der Waals surface area contributed by atoms with Crippen LogP contribution in [0.15, 0.2) is 18.2 Å². The first-order chi connectivity index (χ1) is 14.3. The van der Waals surface area contributed by atoms with Crippen LogP contribution >= 0.6 is 0 Å². The first-order valence-electron chi connectivity index (χ1n) is 8.30. The van der Waals surface area contributed by atoms with Gasteiger partial charge in [0.05, 0.1) is 5.56 Å². The SMILES string of the molecule is CC1(C)C(=O)N(c2nnc(C#N)c(C(F)(F)F)n2)C(=O)N1c1ccc(C(N)=O)c(F)c1. The van der Waals surface area contributed by atoms with Gasteiger partial charge in [0.25, 0.3) is 17.8 Å². The van der Waals surface area contributed by atoms with Gasteiger partial charge in [0.15, 0.2) is 11.4 Å². The highest BCUT2D eigenvalue weighted by atomic mass is 19.4. The predicted molar refractivity (Wildman–Crippen MR) is 93.9 cm³/mol. The monoisotopic (exact) mass is 437 g/mol. The fourth-order valence-corrected chi connectivity index (χ4v) is 2.93. The van der Waals surface area contributed by atoms with Crippen LogP contribution < -0.4 is 15.5 Å². The maximum Gasteiger partial charge on any atom is 0.436 e. The smallest absolute Gasteiger partial charge is 0.366 e. The number of nitriles is 1. The summed E-state index contributed by atoms with van der Waals surface area (Å²) in [5.74, 6) is -4.18. The molecule has 10 nitrogen and oxygen atoms in total. The average molecular weight is 437 g/mol. The Morgan fingerprint density at radius 1 is 1.23 bits per heavy atom. The van der Waals surface area contributed by atoms with Gasteiger partial charge in [-0.1, -0.05) is 0 Å². The van der Waals surface area contributed by atoms with Crippen molar-refractivity contribution < 1.29 is 31.9 Å². The number of carbonyl (C=O) groups is 3. The second-order valence-corrected chi connectivity index (χ2v) is 6.76. The molecule has 1 aromatic carbocycles. The Hall–Kier alpha value is -4.15. The first kappa shape index (κ1) is 21.6. The number of alkyl halides is 3. The fraction of sp³-hybridized carbons (Fsp3) is 0.235. The maximum absolute atomic E-state index is 14.2. The number of hydrogen-bond donors (Lipinski definition) is 1. The van der Waals surface area contributed by atoms with E-state index in [-0.39, 0.29) is 10.6 Å². The zero-order valence-corrected chi connectivity index (χ0v) is 15.7. The summed E-state index contributed by atoms with van der Waals surface area (Å²) in [7, 11) is 0. The minimum atomic E-state index is -5.11. The number of rotatable bonds is 3. The quantitative estimate of drug-likeness (QED) is 0.568. The van der Waals surface area contributed by atoms with Gasteiger partial charge in [-0.2, -0.15) is 23.3 Å². The zero-order chi connectivity index (χ0) is 23.3. The summed E-state index contributed by atoms with van der Waals surface area (Å²) in [6, 6.07) is 2.89. The molecule has 0 spiro atoms. The molecular formula is C17H11F4N7O3. The summed E-state index contributed by atoms with van der Waals surface area (Å²) >= 11 is 0. The maximum atomic E-state index is 14.2. The molecule has 0 radical (unpaired) electrons. The number of hydrogen-bond acceptors (Lipinski definition) is 7. The van der Waals surface area contributed by atoms with Gasteiger partial charge < -0.3 is 5.73 Å². The van der Waals surface area contributed by atoms with Crippen molar-refractivity contribution >= 4 is 29.5 Å². The third kappa shape index (κ3) is 3.39. The molecule has 0 atom stereocenters. The molecule has 0 bridgehead atoms. The van der Waals surface area contributed by atoms with E-state index in [9.17, 15) is 31.9 Å². The van der Waals surface area contributed by atoms with E-state index in [2.05, 4.69) is 15.2 Å². The molecule has 2 aromatic rings. The number of carbonyl (C=O) groups excluding carboxylic acids is 3. The second kappa shape index (κ2) is 6.97. The van der Waals surface area contributed by atoms with Gasteiger partial charge in [0.1, 0.15) is 17.4 Å². The van der Waals surface area contributed by atoms with E-state index in [0.29, 0.717) is 0 Å². The zero-order valence-electron chi connectivity index (χ0n) is 15.7. The van der Waals surface area contributed by atoms with E-state index in [1.807, 2.05) is 0 Å². The summed E-state index contributed by atoms with van der Waals surface area (Å²) in [5, 5.41) is 15.2. The lowest BCUT2D eigenvalue weighted by atomic mass is 10.0. The lowest BCUT2D eigenvalue weighted by molar-refractivity contribution is -0.141. The molecule has 3 rings (SSSR count). The number of halogens is 4. The number of anilines is 2. The Kier molecular flexibility index (Phi) is 4.85. The van der Waals surface area contributed by atoms with Gasteiger partial charge in [-0.25, -0.2) is 14.2 Å². The molecule has 1 aromatic heterocycles. The lowest BCUT2D eigenvalue weighted by Crippen LogP contribution is -2.44. The van der Waals surface area contributed by atoms with Gasteiger partial charge in [-0.15, -0.1) is 10.2 Å². The Morgan fingerprint density at radius 2 is 1.87 bits per heavy atom. The van der Waals surface area contributed by atoms with Crippen molar-refractivity contribution in [3.05, 3.63) is 41.0 Å². The third-order valence-electron chi connectivity index (χ3n) is 4.39. The van der Waals surface area contributed by atoms with Crippen molar-refractivity contribution in [3.63, 3.8) is 0 Å². The van der Waals surface area contributed by atoms with E-state index in [1.165, 1.54) is 19.9 Å². The normalized spacial score (nSPS) is 15.9. The highest BCUT2D eigenvalue weighted by molar-refractivity contribution is 6.29. The standard InChI is InChI=1S/C17H11F4N7O3/c1-16(2)13(30)27(14-24-11(17(19,20)21)10(6-22)25-26-14)15(31)28(16)7-3-4-8(12(23)29)9(18)5-7/h3-5H,1-2H3,(H2,23,29). The largest absolute Gasteiger partial charge is 0.436 e. The molecule has 2 heterocycles. The van der Waals surface area contributed by atoms with E-state index >= 15 is 0 Å². The molecule has 0 aliphatic carbocycles. The molecule has 1 aliphatic rings. The number of imide groups is 1. The molecule has 1 aliphatic heterocycles. The van der Waals surface area contributed by atoms with Crippen LogP contribution in [0, 0.1) is 17.1 Å². The van der Waals surface area contributed by atoms with Crippen LogP contribution in [0.2, 0.25) is 0 Å². The van der Waals surface area contributed by atoms with Crippen LogP contribution in [0.3, 0.4) is 0 Å². The molecule has 2 N–H and O–H groups in total. The number of nitrogens with two attached hydrogens (primary N) is 1. The first-order valence-corrected chi connectivity index (χ1v) is 8.30. The molecule has 4 amide bonds. The Morgan fingerprint density at radius 3 is 2.39 bits per heavy atom. The van der Waals surface area contributed by atoms with E-state index in [4.69, 9.17) is 11.0 Å². The number of primary amides is 1. The minimum Gasteiger partial charge on any atom is -0.366 e. The lowest BCUT2D eigenvalue weighted by Gasteiger charge is -2.27. The number of urea groups is 1. The summed E-state index contributed by atoms with van der Waals surface area (Å²) in [4.78, 5) is 41.2. The molecule has 1 fully saturated rings. The van der Waals surface area contributed by atoms with Crippen molar-refractivity contribution in [1.29, 1.82) is 5.26 Å². The summed E-state index contributed by atoms with van der Waals surface area (Å²) in [6.07, 6.45) is -5.11. The molecular weight excluding hydrogens is 426 g/mol. The Bertz CT molecular complexity index is 1170. The second-order valence-electron chi connectivity index (χ2n) is 6.76. The molecule has 14 heteroatoms. The summed E-state index contributed by atoms with van der Waals surface area (Å²) < 4.78 is 53.7. The molecule has 0 unspecified atom stereocenters. The summed E-state index contributed by atoms with van der Waals surface area (Å²) in [6.45, 7) is 2.52. The van der Waals surface area contributed by atoms with Crippen molar-refractivity contribution in [2.75, 3.05) is 9.80 Å². The third-order valence-corrected chi connectivity index (χ3v) is 4.39. The van der Waals surface area contributed by atoms with Crippen molar-refractivity contribution in [1.82, 2.24) is 15.2 Å². The van der Waals surface area contributed by atoms with Crippen molar-refractivity contribution in [2.24, 2.45) is 5.73 Å². The highest BCUT2D eigenvalue weighted by Gasteiger charge is 2.54. The topological polar surface area (TPSA) is 146 Å². The Labute approximate surface area is 170 Å². The van der Waals surface area contributed by atoms with E-state index in [0.717, 1.165) is 23.1 Å². The molecule has 1 saturated heterocycles. The molecule has 0 saturated carbocycles. The van der Waals surface area contributed by atoms with Crippen LogP contribution in [0.4, 0.5) is 34.0 Å². The minimum absolute atomic E-state index is 0.175. The number of aromatic nitrogens is 3. The Balaban J connectivity index is 2.12. The van der Waals surface area contributed by atoms with Crippen LogP contribution in [-0.2, 0) is 11.0 Å². The number of nitrogens with zero attached hydrogens (tertiary/aromatic N) is 6. The fourth-order valence-electron chi connectivity index (χ4n) is 2.93. The van der Waals surface area contributed by atoms with Gasteiger partial charge >= 0.3 is 12.2 Å². The van der Waals surface area contributed by atoms with Crippen molar-refractivity contribution in [3.8, 4) is 6.07 Å². The average Bonchev–Trinajstić information content (AvgIpc) is 2.84. The van der Waals surface area contributed by atoms with Gasteiger partial charge in [-0.05, 0) is 32.0 Å². The number of benzene rings is 1. The van der Waals surface area contributed by atoms with Crippen molar-refractivity contribution in [2.45, 2.75) is 25.6 Å². The van der Waals surface area contributed by atoms with E-state index in [1.54, 1.807) is 0 Å². The summed E-state index contributed by atoms with van der Waals surface area (Å²) in [5.41, 5.74) is -0.182. The van der Waals surface area contributed by atoms with Crippen LogP contribution in [0.1, 0.15) is 35.6 Å². The van der Waals surface area contributed by atoms with Crippen LogP contribution in [-0.4, -0.2) is 38.6 Å².